The van der Waals surface area contributed by atoms with Gasteiger partial charge in [-0.05, 0) is 48.2 Å². The first-order valence-electron chi connectivity index (χ1n) is 7.19. The van der Waals surface area contributed by atoms with Crippen LogP contribution in [0.15, 0.2) is 48.5 Å². The molecule has 0 radical (unpaired) electrons. The van der Waals surface area contributed by atoms with E-state index in [0.29, 0.717) is 17.2 Å². The topological polar surface area (TPSA) is 46.5 Å². The Morgan fingerprint density at radius 2 is 1.86 bits per heavy atom. The third-order valence-electron chi connectivity index (χ3n) is 3.55. The molecule has 0 aliphatic heterocycles. The van der Waals surface area contributed by atoms with E-state index in [4.69, 9.17) is 4.74 Å². The van der Waals surface area contributed by atoms with E-state index in [1.54, 1.807) is 12.1 Å². The summed E-state index contributed by atoms with van der Waals surface area (Å²) in [6, 6.07) is 14.6. The third kappa shape index (κ3) is 4.09. The first-order valence-corrected chi connectivity index (χ1v) is 7.19. The molecule has 3 heteroatoms. The van der Waals surface area contributed by atoms with Crippen LogP contribution in [0.25, 0.3) is 0 Å². The molecule has 0 bridgehead atoms. The third-order valence-corrected chi connectivity index (χ3v) is 3.55. The van der Waals surface area contributed by atoms with Crippen molar-refractivity contribution < 1.29 is 14.6 Å². The summed E-state index contributed by atoms with van der Waals surface area (Å²) in [6.07, 6.45) is 1.76. The van der Waals surface area contributed by atoms with Gasteiger partial charge in [-0.25, -0.2) is 4.79 Å². The van der Waals surface area contributed by atoms with Crippen LogP contribution in [0.4, 0.5) is 0 Å². The molecule has 110 valence electrons. The van der Waals surface area contributed by atoms with Gasteiger partial charge in [0.05, 0.1) is 5.56 Å². The molecular formula is C18H20O3. The number of carbonyl (C=O) groups is 1. The lowest BCUT2D eigenvalue weighted by Gasteiger charge is -2.13. The van der Waals surface area contributed by atoms with Crippen LogP contribution in [-0.2, 0) is 6.42 Å². The number of hydrogen-bond donors (Lipinski definition) is 1. The molecule has 0 saturated heterocycles. The highest BCUT2D eigenvalue weighted by Gasteiger charge is 2.13. The van der Waals surface area contributed by atoms with Gasteiger partial charge in [0.15, 0.2) is 0 Å². The van der Waals surface area contributed by atoms with Crippen LogP contribution < -0.4 is 4.74 Å². The fourth-order valence-corrected chi connectivity index (χ4v) is 2.16. The van der Waals surface area contributed by atoms with Gasteiger partial charge in [-0.2, -0.15) is 0 Å². The summed E-state index contributed by atoms with van der Waals surface area (Å²) in [6.45, 7) is 4.23. The van der Waals surface area contributed by atoms with E-state index in [0.717, 1.165) is 24.2 Å². The summed E-state index contributed by atoms with van der Waals surface area (Å²) < 4.78 is 5.78. The van der Waals surface area contributed by atoms with Crippen molar-refractivity contribution in [3.05, 3.63) is 59.7 Å². The molecule has 2 aromatic carbocycles. The second-order valence-corrected chi connectivity index (χ2v) is 5.26. The molecule has 0 saturated carbocycles. The van der Waals surface area contributed by atoms with Gasteiger partial charge < -0.3 is 9.84 Å². The molecule has 2 aromatic rings. The van der Waals surface area contributed by atoms with E-state index in [1.807, 2.05) is 36.4 Å². The number of carboxylic acids is 1. The number of para-hydroxylation sites is 1. The standard InChI is InChI=1S/C18H20O3/c1-3-13(2)11-14-12-16(9-10-17(14)18(19)20)21-15-7-5-4-6-8-15/h4-10,12-13H,3,11H2,1-2H3,(H,19,20). The SMILES string of the molecule is CCC(C)Cc1cc(Oc2ccccc2)ccc1C(=O)O. The van der Waals surface area contributed by atoms with Crippen molar-refractivity contribution in [1.82, 2.24) is 0 Å². The van der Waals surface area contributed by atoms with E-state index in [2.05, 4.69) is 13.8 Å². The lowest BCUT2D eigenvalue weighted by molar-refractivity contribution is 0.0695. The van der Waals surface area contributed by atoms with Gasteiger partial charge in [-0.15, -0.1) is 0 Å². The predicted octanol–water partition coefficient (Wildman–Crippen LogP) is 4.77. The number of benzene rings is 2. The average Bonchev–Trinajstić information content (AvgIpc) is 2.48. The van der Waals surface area contributed by atoms with Crippen LogP contribution in [0.1, 0.15) is 36.2 Å². The molecule has 0 amide bonds. The first kappa shape index (κ1) is 15.1. The molecule has 0 spiro atoms. The van der Waals surface area contributed by atoms with Crippen LogP contribution in [0.2, 0.25) is 0 Å². The zero-order valence-corrected chi connectivity index (χ0v) is 12.4. The maximum atomic E-state index is 11.3. The van der Waals surface area contributed by atoms with Crippen LogP contribution >= 0.6 is 0 Å². The second kappa shape index (κ2) is 6.93. The van der Waals surface area contributed by atoms with Crippen molar-refractivity contribution in [2.75, 3.05) is 0 Å². The quantitative estimate of drug-likeness (QED) is 0.831. The fraction of sp³-hybridized carbons (Fsp3) is 0.278. The maximum Gasteiger partial charge on any atom is 0.335 e. The van der Waals surface area contributed by atoms with Crippen LogP contribution in [0, 0.1) is 5.92 Å². The second-order valence-electron chi connectivity index (χ2n) is 5.26. The minimum atomic E-state index is -0.889. The van der Waals surface area contributed by atoms with Crippen LogP contribution in [0.5, 0.6) is 11.5 Å². The highest BCUT2D eigenvalue weighted by atomic mass is 16.5. The summed E-state index contributed by atoms with van der Waals surface area (Å²) in [5.74, 6) is 0.967. The molecule has 0 heterocycles. The molecule has 1 unspecified atom stereocenters. The van der Waals surface area contributed by atoms with Crippen molar-refractivity contribution >= 4 is 5.97 Å². The van der Waals surface area contributed by atoms with E-state index >= 15 is 0 Å². The average molecular weight is 284 g/mol. The molecule has 1 N–H and O–H groups in total. The highest BCUT2D eigenvalue weighted by Crippen LogP contribution is 2.26. The smallest absolute Gasteiger partial charge is 0.335 e. The molecule has 0 aliphatic rings. The fourth-order valence-electron chi connectivity index (χ4n) is 2.16. The van der Waals surface area contributed by atoms with Gasteiger partial charge in [0.25, 0.3) is 0 Å². The van der Waals surface area contributed by atoms with Gasteiger partial charge in [0.2, 0.25) is 0 Å². The Bertz CT molecular complexity index is 605. The summed E-state index contributed by atoms with van der Waals surface area (Å²) in [5.41, 5.74) is 1.18. The van der Waals surface area contributed by atoms with E-state index in [-0.39, 0.29) is 0 Å². The number of ether oxygens (including phenoxy) is 1. The van der Waals surface area contributed by atoms with E-state index in [1.165, 1.54) is 0 Å². The molecule has 2 rings (SSSR count). The maximum absolute atomic E-state index is 11.3. The van der Waals surface area contributed by atoms with Crippen molar-refractivity contribution in [3.8, 4) is 11.5 Å². The molecule has 3 nitrogen and oxygen atoms in total. The summed E-state index contributed by atoms with van der Waals surface area (Å²) in [4.78, 5) is 11.3. The summed E-state index contributed by atoms with van der Waals surface area (Å²) in [5, 5.41) is 9.29. The molecule has 21 heavy (non-hydrogen) atoms. The minimum absolute atomic E-state index is 0.357. The van der Waals surface area contributed by atoms with Crippen LogP contribution in [0.3, 0.4) is 0 Å². The summed E-state index contributed by atoms with van der Waals surface area (Å²) >= 11 is 0. The molecular weight excluding hydrogens is 264 g/mol. The normalized spacial score (nSPS) is 11.9. The largest absolute Gasteiger partial charge is 0.478 e. The Balaban J connectivity index is 2.28. The Hall–Kier alpha value is -2.29. The van der Waals surface area contributed by atoms with Crippen molar-refractivity contribution in [2.24, 2.45) is 5.92 Å². The van der Waals surface area contributed by atoms with Gasteiger partial charge in [0, 0.05) is 0 Å². The predicted molar refractivity (Wildman–Crippen MR) is 83.1 cm³/mol. The Morgan fingerprint density at radius 3 is 2.48 bits per heavy atom. The Labute approximate surface area is 125 Å². The van der Waals surface area contributed by atoms with Gasteiger partial charge >= 0.3 is 5.97 Å². The van der Waals surface area contributed by atoms with E-state index < -0.39 is 5.97 Å². The Morgan fingerprint density at radius 1 is 1.14 bits per heavy atom. The van der Waals surface area contributed by atoms with Gasteiger partial charge in [0.1, 0.15) is 11.5 Å². The molecule has 0 fully saturated rings. The zero-order valence-electron chi connectivity index (χ0n) is 12.4. The zero-order chi connectivity index (χ0) is 15.2. The minimum Gasteiger partial charge on any atom is -0.478 e. The number of aromatic carboxylic acids is 1. The molecule has 1 atom stereocenters. The van der Waals surface area contributed by atoms with Crippen molar-refractivity contribution in [1.29, 1.82) is 0 Å². The monoisotopic (exact) mass is 284 g/mol. The van der Waals surface area contributed by atoms with Gasteiger partial charge in [-0.1, -0.05) is 38.5 Å². The first-order chi connectivity index (χ1) is 10.1. The number of carboxylic acid groups (broad SMARTS) is 1. The van der Waals surface area contributed by atoms with Crippen molar-refractivity contribution in [3.63, 3.8) is 0 Å². The lowest BCUT2D eigenvalue weighted by atomic mass is 9.95. The number of hydrogen-bond acceptors (Lipinski definition) is 2. The van der Waals surface area contributed by atoms with Gasteiger partial charge in [-0.3, -0.25) is 0 Å². The molecule has 0 aliphatic carbocycles. The van der Waals surface area contributed by atoms with E-state index in [9.17, 15) is 9.90 Å². The Kier molecular flexibility index (Phi) is 4.99. The van der Waals surface area contributed by atoms with Crippen molar-refractivity contribution in [2.45, 2.75) is 26.7 Å². The number of rotatable bonds is 6. The lowest BCUT2D eigenvalue weighted by Crippen LogP contribution is -2.06. The summed E-state index contributed by atoms with van der Waals surface area (Å²) in [7, 11) is 0. The van der Waals surface area contributed by atoms with Crippen LogP contribution in [-0.4, -0.2) is 11.1 Å². The highest BCUT2D eigenvalue weighted by molar-refractivity contribution is 5.89. The molecule has 0 aromatic heterocycles.